The summed E-state index contributed by atoms with van der Waals surface area (Å²) >= 11 is 1.13. The van der Waals surface area contributed by atoms with E-state index in [0.29, 0.717) is 6.42 Å². The summed E-state index contributed by atoms with van der Waals surface area (Å²) in [5.41, 5.74) is 11.8. The van der Waals surface area contributed by atoms with E-state index in [0.717, 1.165) is 35.1 Å². The van der Waals surface area contributed by atoms with Crippen LogP contribution in [0.1, 0.15) is 19.3 Å². The molecule has 0 spiro atoms. The highest BCUT2D eigenvalue weighted by Crippen LogP contribution is 2.53. The zero-order chi connectivity index (χ0) is 11.2. The van der Waals surface area contributed by atoms with E-state index in [1.54, 1.807) is 0 Å². The molecule has 0 aromatic carbocycles. The molecular formula is C9H12N2O3S. The molecule has 1 aliphatic carbocycles. The fraction of sp³-hybridized carbons (Fsp3) is 0.556. The van der Waals surface area contributed by atoms with Crippen molar-refractivity contribution in [3.8, 4) is 0 Å². The lowest BCUT2D eigenvalue weighted by atomic mass is 9.90. The molecule has 0 bridgehead atoms. The Labute approximate surface area is 90.9 Å². The maximum Gasteiger partial charge on any atom is 0.314 e. The van der Waals surface area contributed by atoms with Crippen molar-refractivity contribution in [3.63, 3.8) is 0 Å². The molecule has 1 aliphatic heterocycles. The fourth-order valence-electron chi connectivity index (χ4n) is 2.21. The molecule has 0 aromatic heterocycles. The number of hydrogen-bond acceptors (Lipinski definition) is 4. The minimum atomic E-state index is -1.49. The van der Waals surface area contributed by atoms with Gasteiger partial charge in [0.15, 0.2) is 4.87 Å². The van der Waals surface area contributed by atoms with Gasteiger partial charge in [0.25, 0.3) is 0 Å². The number of primary amides is 1. The molecule has 0 saturated carbocycles. The Balaban J connectivity index is 2.41. The van der Waals surface area contributed by atoms with Crippen LogP contribution in [0.4, 0.5) is 0 Å². The van der Waals surface area contributed by atoms with Crippen LogP contribution < -0.4 is 11.5 Å². The van der Waals surface area contributed by atoms with E-state index in [9.17, 15) is 9.59 Å². The van der Waals surface area contributed by atoms with E-state index in [2.05, 4.69) is 0 Å². The van der Waals surface area contributed by atoms with Crippen molar-refractivity contribution in [2.24, 2.45) is 17.4 Å². The molecule has 0 fully saturated rings. The van der Waals surface area contributed by atoms with Crippen molar-refractivity contribution in [3.05, 3.63) is 10.5 Å². The molecule has 2 aliphatic rings. The van der Waals surface area contributed by atoms with E-state index in [4.69, 9.17) is 16.6 Å². The van der Waals surface area contributed by atoms with Gasteiger partial charge in [-0.05, 0) is 29.7 Å². The van der Waals surface area contributed by atoms with E-state index in [1.807, 2.05) is 0 Å². The SMILES string of the molecule is NC(=O)[C@]1(N)SC2=C(CCC2)[C@@H]1C(=O)O. The van der Waals surface area contributed by atoms with Crippen LogP contribution in [0.15, 0.2) is 10.5 Å². The zero-order valence-corrected chi connectivity index (χ0v) is 8.84. The Bertz CT molecular complexity index is 380. The largest absolute Gasteiger partial charge is 0.481 e. The third kappa shape index (κ3) is 1.36. The number of rotatable bonds is 2. The molecule has 2 rings (SSSR count). The number of carbonyl (C=O) groups is 2. The van der Waals surface area contributed by atoms with E-state index in [-0.39, 0.29) is 0 Å². The van der Waals surface area contributed by atoms with Crippen LogP contribution in [0.3, 0.4) is 0 Å². The Morgan fingerprint density at radius 2 is 2.13 bits per heavy atom. The molecule has 5 nitrogen and oxygen atoms in total. The predicted octanol–water partition coefficient (Wildman–Crippen LogP) is 0.0123. The zero-order valence-electron chi connectivity index (χ0n) is 8.03. The Morgan fingerprint density at radius 1 is 1.47 bits per heavy atom. The van der Waals surface area contributed by atoms with Crippen molar-refractivity contribution in [2.75, 3.05) is 0 Å². The lowest BCUT2D eigenvalue weighted by molar-refractivity contribution is -0.143. The molecule has 15 heavy (non-hydrogen) atoms. The van der Waals surface area contributed by atoms with Crippen LogP contribution in [0.5, 0.6) is 0 Å². The Morgan fingerprint density at radius 3 is 2.67 bits per heavy atom. The second kappa shape index (κ2) is 3.24. The predicted molar refractivity (Wildman–Crippen MR) is 55.7 cm³/mol. The summed E-state index contributed by atoms with van der Waals surface area (Å²) in [5, 5.41) is 9.11. The smallest absolute Gasteiger partial charge is 0.314 e. The topological polar surface area (TPSA) is 106 Å². The van der Waals surface area contributed by atoms with Gasteiger partial charge in [0.1, 0.15) is 5.92 Å². The van der Waals surface area contributed by atoms with Gasteiger partial charge in [0, 0.05) is 0 Å². The summed E-state index contributed by atoms with van der Waals surface area (Å²) in [4.78, 5) is 21.8. The number of allylic oxidation sites excluding steroid dienone is 1. The van der Waals surface area contributed by atoms with Gasteiger partial charge in [-0.15, -0.1) is 0 Å². The maximum atomic E-state index is 11.3. The number of carbonyl (C=O) groups excluding carboxylic acids is 1. The Hall–Kier alpha value is -1.01. The summed E-state index contributed by atoms with van der Waals surface area (Å²) in [6, 6.07) is 0. The van der Waals surface area contributed by atoms with Crippen LogP contribution in [0.2, 0.25) is 0 Å². The third-order valence-corrected chi connectivity index (χ3v) is 4.40. The normalized spacial score (nSPS) is 34.3. The van der Waals surface area contributed by atoms with Crippen LogP contribution in [-0.4, -0.2) is 21.9 Å². The lowest BCUT2D eigenvalue weighted by Gasteiger charge is -2.26. The van der Waals surface area contributed by atoms with E-state index < -0.39 is 22.7 Å². The van der Waals surface area contributed by atoms with Gasteiger partial charge >= 0.3 is 5.97 Å². The number of carboxylic acids is 1. The second-order valence-electron chi connectivity index (χ2n) is 3.83. The average Bonchev–Trinajstić information content (AvgIpc) is 2.60. The van der Waals surface area contributed by atoms with Crippen LogP contribution in [0, 0.1) is 5.92 Å². The first-order chi connectivity index (χ1) is 6.97. The summed E-state index contributed by atoms with van der Waals surface area (Å²) in [5.74, 6) is -2.76. The molecule has 0 saturated heterocycles. The molecule has 2 atom stereocenters. The number of hydrogen-bond donors (Lipinski definition) is 3. The van der Waals surface area contributed by atoms with Gasteiger partial charge in [-0.1, -0.05) is 11.8 Å². The highest BCUT2D eigenvalue weighted by molar-refractivity contribution is 8.05. The number of amides is 1. The quantitative estimate of drug-likeness (QED) is 0.617. The van der Waals surface area contributed by atoms with Gasteiger partial charge in [-0.2, -0.15) is 0 Å². The summed E-state index contributed by atoms with van der Waals surface area (Å²) in [6.07, 6.45) is 2.47. The highest BCUT2D eigenvalue weighted by atomic mass is 32.2. The average molecular weight is 228 g/mol. The number of carboxylic acid groups (broad SMARTS) is 1. The molecule has 5 N–H and O–H groups in total. The lowest BCUT2D eigenvalue weighted by Crippen LogP contribution is -2.55. The van der Waals surface area contributed by atoms with Crippen LogP contribution >= 0.6 is 11.8 Å². The molecule has 0 unspecified atom stereocenters. The van der Waals surface area contributed by atoms with Crippen LogP contribution in [0.25, 0.3) is 0 Å². The summed E-state index contributed by atoms with van der Waals surface area (Å²) in [6.45, 7) is 0. The number of thioether (sulfide) groups is 1. The van der Waals surface area contributed by atoms with Gasteiger partial charge in [0.2, 0.25) is 5.91 Å². The molecule has 0 radical (unpaired) electrons. The van der Waals surface area contributed by atoms with Crippen molar-refractivity contribution in [1.82, 2.24) is 0 Å². The molecule has 0 aromatic rings. The molecule has 1 heterocycles. The van der Waals surface area contributed by atoms with Crippen molar-refractivity contribution in [1.29, 1.82) is 0 Å². The summed E-state index contributed by atoms with van der Waals surface area (Å²) in [7, 11) is 0. The van der Waals surface area contributed by atoms with Crippen molar-refractivity contribution >= 4 is 23.6 Å². The summed E-state index contributed by atoms with van der Waals surface area (Å²) < 4.78 is 0. The van der Waals surface area contributed by atoms with E-state index in [1.165, 1.54) is 0 Å². The molecular weight excluding hydrogens is 216 g/mol. The number of aliphatic carboxylic acids is 1. The minimum absolute atomic E-state index is 0.714. The molecule has 1 amide bonds. The van der Waals surface area contributed by atoms with Gasteiger partial charge in [-0.3, -0.25) is 9.59 Å². The Kier molecular flexibility index (Phi) is 2.27. The highest BCUT2D eigenvalue weighted by Gasteiger charge is 2.54. The van der Waals surface area contributed by atoms with Crippen molar-refractivity contribution < 1.29 is 14.7 Å². The standard InChI is InChI=1S/C9H12N2O3S/c10-8(14)9(11)6(7(12)13)4-2-1-3-5(4)15-9/h6H,1-3,11H2,(H2,10,14)(H,12,13)/t6-,9-/m1/s1. The van der Waals surface area contributed by atoms with Gasteiger partial charge in [-0.25, -0.2) is 0 Å². The van der Waals surface area contributed by atoms with E-state index >= 15 is 0 Å². The molecule has 82 valence electrons. The first-order valence-corrected chi connectivity index (χ1v) is 5.51. The second-order valence-corrected chi connectivity index (χ2v) is 5.21. The first kappa shape index (κ1) is 10.5. The van der Waals surface area contributed by atoms with Gasteiger partial charge in [0.05, 0.1) is 0 Å². The minimum Gasteiger partial charge on any atom is -0.481 e. The van der Waals surface area contributed by atoms with Crippen LogP contribution in [-0.2, 0) is 9.59 Å². The monoisotopic (exact) mass is 228 g/mol. The first-order valence-electron chi connectivity index (χ1n) is 4.69. The van der Waals surface area contributed by atoms with Crippen molar-refractivity contribution in [2.45, 2.75) is 24.1 Å². The maximum absolute atomic E-state index is 11.3. The fourth-order valence-corrected chi connectivity index (χ4v) is 3.67. The molecule has 6 heteroatoms. The number of nitrogens with two attached hydrogens (primary N) is 2. The third-order valence-electron chi connectivity index (χ3n) is 2.91. The van der Waals surface area contributed by atoms with Gasteiger partial charge < -0.3 is 16.6 Å².